The van der Waals surface area contributed by atoms with E-state index in [0.29, 0.717) is 22.3 Å². The lowest BCUT2D eigenvalue weighted by Crippen LogP contribution is -2.07. The van der Waals surface area contributed by atoms with Crippen molar-refractivity contribution in [1.82, 2.24) is 14.8 Å². The van der Waals surface area contributed by atoms with Crippen molar-refractivity contribution in [2.75, 3.05) is 11.9 Å². The monoisotopic (exact) mass is 360 g/mol. The fourth-order valence-electron chi connectivity index (χ4n) is 2.11. The van der Waals surface area contributed by atoms with Crippen LogP contribution in [0.2, 0.25) is 5.02 Å². The van der Waals surface area contributed by atoms with E-state index in [2.05, 4.69) is 15.4 Å². The number of esters is 1. The molecule has 1 aromatic carbocycles. The third-order valence-corrected chi connectivity index (χ3v) is 3.42. The van der Waals surface area contributed by atoms with E-state index in [1.807, 2.05) is 0 Å². The van der Waals surface area contributed by atoms with Gasteiger partial charge in [0, 0.05) is 23.0 Å². The molecule has 3 rings (SSSR count). The number of halogens is 2. The van der Waals surface area contributed by atoms with Gasteiger partial charge in [-0.3, -0.25) is 0 Å². The summed E-state index contributed by atoms with van der Waals surface area (Å²) in [5, 5.41) is 7.61. The third kappa shape index (κ3) is 4.13. The van der Waals surface area contributed by atoms with Gasteiger partial charge < -0.3 is 10.1 Å². The minimum atomic E-state index is -0.507. The Morgan fingerprint density at radius 2 is 2.04 bits per heavy atom. The lowest BCUT2D eigenvalue weighted by atomic mass is 10.3. The molecule has 0 aliphatic carbocycles. The minimum Gasteiger partial charge on any atom is -0.461 e. The maximum atomic E-state index is 13.0. The molecule has 0 aliphatic heterocycles. The zero-order valence-corrected chi connectivity index (χ0v) is 14.0. The van der Waals surface area contributed by atoms with Crippen LogP contribution >= 0.6 is 11.6 Å². The average molecular weight is 361 g/mol. The van der Waals surface area contributed by atoms with E-state index in [0.717, 1.165) is 0 Å². The standard InChI is InChI=1S/C17H14ClFN4O2/c1-2-25-17(24)14-7-8-23(22-14)16-10-11(18)9-15(21-16)20-13-5-3-12(19)4-6-13/h3-10H,2H2,1H3,(H,20,21). The fourth-order valence-corrected chi connectivity index (χ4v) is 2.31. The van der Waals surface area contributed by atoms with E-state index in [9.17, 15) is 9.18 Å². The molecule has 0 radical (unpaired) electrons. The number of carbonyl (C=O) groups is 1. The summed E-state index contributed by atoms with van der Waals surface area (Å²) in [6.45, 7) is 1.99. The van der Waals surface area contributed by atoms with Crippen LogP contribution in [0.15, 0.2) is 48.7 Å². The highest BCUT2D eigenvalue weighted by Crippen LogP contribution is 2.21. The number of hydrogen-bond acceptors (Lipinski definition) is 5. The zero-order valence-electron chi connectivity index (χ0n) is 13.2. The first-order chi connectivity index (χ1) is 12.0. The number of ether oxygens (including phenoxy) is 1. The number of nitrogens with zero attached hydrogens (tertiary/aromatic N) is 3. The molecule has 0 unspecified atom stereocenters. The molecule has 0 spiro atoms. The van der Waals surface area contributed by atoms with Crippen molar-refractivity contribution in [3.8, 4) is 5.82 Å². The molecule has 8 heteroatoms. The van der Waals surface area contributed by atoms with Crippen LogP contribution in [0.5, 0.6) is 0 Å². The number of carbonyl (C=O) groups excluding carboxylic acids is 1. The molecule has 0 saturated carbocycles. The summed E-state index contributed by atoms with van der Waals surface area (Å²) in [6.07, 6.45) is 1.59. The SMILES string of the molecule is CCOC(=O)c1ccn(-c2cc(Cl)cc(Nc3ccc(F)cc3)n2)n1. The third-order valence-electron chi connectivity index (χ3n) is 3.20. The first kappa shape index (κ1) is 16.9. The summed E-state index contributed by atoms with van der Waals surface area (Å²) in [7, 11) is 0. The molecule has 0 amide bonds. The summed E-state index contributed by atoms with van der Waals surface area (Å²) >= 11 is 6.14. The summed E-state index contributed by atoms with van der Waals surface area (Å²) < 4.78 is 19.3. The fraction of sp³-hybridized carbons (Fsp3) is 0.118. The lowest BCUT2D eigenvalue weighted by molar-refractivity contribution is 0.0519. The quantitative estimate of drug-likeness (QED) is 0.697. The van der Waals surface area contributed by atoms with Gasteiger partial charge in [0.15, 0.2) is 11.5 Å². The first-order valence-electron chi connectivity index (χ1n) is 7.48. The Morgan fingerprint density at radius 1 is 1.28 bits per heavy atom. The number of benzene rings is 1. The number of rotatable bonds is 5. The Balaban J connectivity index is 1.86. The molecular formula is C17H14ClFN4O2. The number of nitrogens with one attached hydrogen (secondary N) is 1. The average Bonchev–Trinajstić information content (AvgIpc) is 3.07. The van der Waals surface area contributed by atoms with Crippen LogP contribution in [0, 0.1) is 5.82 Å². The lowest BCUT2D eigenvalue weighted by Gasteiger charge is -2.08. The summed E-state index contributed by atoms with van der Waals surface area (Å²) in [5.41, 5.74) is 0.839. The molecule has 6 nitrogen and oxygen atoms in total. The van der Waals surface area contributed by atoms with Crippen molar-refractivity contribution in [2.24, 2.45) is 0 Å². The Labute approximate surface area is 148 Å². The molecule has 1 N–H and O–H groups in total. The molecule has 0 fully saturated rings. The van der Waals surface area contributed by atoms with Crippen molar-refractivity contribution in [3.05, 3.63) is 65.2 Å². The molecule has 2 aromatic heterocycles. The van der Waals surface area contributed by atoms with E-state index in [4.69, 9.17) is 16.3 Å². The molecule has 0 bridgehead atoms. The maximum Gasteiger partial charge on any atom is 0.358 e. The molecule has 0 aliphatic rings. The first-order valence-corrected chi connectivity index (χ1v) is 7.86. The van der Waals surface area contributed by atoms with Crippen LogP contribution in [0.25, 0.3) is 5.82 Å². The zero-order chi connectivity index (χ0) is 17.8. The van der Waals surface area contributed by atoms with Gasteiger partial charge in [-0.05, 0) is 43.3 Å². The van der Waals surface area contributed by atoms with E-state index in [1.165, 1.54) is 22.9 Å². The van der Waals surface area contributed by atoms with Crippen molar-refractivity contribution in [1.29, 1.82) is 0 Å². The van der Waals surface area contributed by atoms with E-state index < -0.39 is 5.97 Å². The molecule has 0 atom stereocenters. The van der Waals surface area contributed by atoms with Gasteiger partial charge in [0.05, 0.1) is 6.61 Å². The Kier molecular flexibility index (Phi) is 4.95. The van der Waals surface area contributed by atoms with Crippen LogP contribution < -0.4 is 5.32 Å². The minimum absolute atomic E-state index is 0.177. The highest BCUT2D eigenvalue weighted by Gasteiger charge is 2.12. The van der Waals surface area contributed by atoms with Crippen molar-refractivity contribution in [2.45, 2.75) is 6.92 Å². The van der Waals surface area contributed by atoms with E-state index in [-0.39, 0.29) is 18.1 Å². The summed E-state index contributed by atoms with van der Waals surface area (Å²) in [6, 6.07) is 10.6. The molecule has 25 heavy (non-hydrogen) atoms. The molecular weight excluding hydrogens is 347 g/mol. The summed E-state index contributed by atoms with van der Waals surface area (Å²) in [4.78, 5) is 16.1. The van der Waals surface area contributed by atoms with Crippen molar-refractivity contribution in [3.63, 3.8) is 0 Å². The van der Waals surface area contributed by atoms with Crippen molar-refractivity contribution >= 4 is 29.1 Å². The van der Waals surface area contributed by atoms with Gasteiger partial charge in [0.2, 0.25) is 0 Å². The van der Waals surface area contributed by atoms with Gasteiger partial charge in [-0.25, -0.2) is 18.9 Å². The maximum absolute atomic E-state index is 13.0. The van der Waals surface area contributed by atoms with Gasteiger partial charge in [0.25, 0.3) is 0 Å². The number of anilines is 2. The normalized spacial score (nSPS) is 10.5. The van der Waals surface area contributed by atoms with Gasteiger partial charge >= 0.3 is 5.97 Å². The van der Waals surface area contributed by atoms with Gasteiger partial charge in [-0.1, -0.05) is 11.6 Å². The van der Waals surface area contributed by atoms with E-state index >= 15 is 0 Å². The van der Waals surface area contributed by atoms with Crippen LogP contribution in [-0.2, 0) is 4.74 Å². The van der Waals surface area contributed by atoms with Crippen LogP contribution in [0.1, 0.15) is 17.4 Å². The van der Waals surface area contributed by atoms with Crippen molar-refractivity contribution < 1.29 is 13.9 Å². The van der Waals surface area contributed by atoms with Crippen LogP contribution in [0.3, 0.4) is 0 Å². The largest absolute Gasteiger partial charge is 0.461 e. The molecule has 3 aromatic rings. The molecule has 0 saturated heterocycles. The predicted octanol–water partition coefficient (Wildman–Crippen LogP) is 3.98. The number of aromatic nitrogens is 3. The Hall–Kier alpha value is -2.93. The topological polar surface area (TPSA) is 69.0 Å². The molecule has 2 heterocycles. The number of hydrogen-bond donors (Lipinski definition) is 1. The second kappa shape index (κ2) is 7.31. The smallest absolute Gasteiger partial charge is 0.358 e. The highest BCUT2D eigenvalue weighted by molar-refractivity contribution is 6.31. The van der Waals surface area contributed by atoms with Gasteiger partial charge in [-0.15, -0.1) is 0 Å². The Morgan fingerprint density at radius 3 is 2.76 bits per heavy atom. The Bertz CT molecular complexity index is 896. The molecule has 128 valence electrons. The second-order valence-corrected chi connectivity index (χ2v) is 5.46. The van der Waals surface area contributed by atoms with Crippen LogP contribution in [-0.4, -0.2) is 27.3 Å². The second-order valence-electron chi connectivity index (χ2n) is 5.03. The number of pyridine rings is 1. The van der Waals surface area contributed by atoms with E-state index in [1.54, 1.807) is 37.4 Å². The predicted molar refractivity (Wildman–Crippen MR) is 92.0 cm³/mol. The highest BCUT2D eigenvalue weighted by atomic mass is 35.5. The summed E-state index contributed by atoms with van der Waals surface area (Å²) in [5.74, 6) is 0.0521. The van der Waals surface area contributed by atoms with Gasteiger partial charge in [-0.2, -0.15) is 5.10 Å². The van der Waals surface area contributed by atoms with Gasteiger partial charge in [0.1, 0.15) is 11.6 Å². The van der Waals surface area contributed by atoms with Crippen LogP contribution in [0.4, 0.5) is 15.9 Å².